The van der Waals surface area contributed by atoms with Gasteiger partial charge in [-0.1, -0.05) is 68.3 Å². The van der Waals surface area contributed by atoms with Crippen LogP contribution in [0, 0.1) is 0 Å². The Morgan fingerprint density at radius 3 is 1.76 bits per heavy atom. The van der Waals surface area contributed by atoms with E-state index >= 15 is 0 Å². The predicted molar refractivity (Wildman–Crippen MR) is 105 cm³/mol. The number of esters is 1. The fraction of sp³-hybridized carbons (Fsp3) is 0.435. The molecule has 0 unspecified atom stereocenters. The van der Waals surface area contributed by atoms with Crippen molar-refractivity contribution in [3.8, 4) is 11.1 Å². The lowest BCUT2D eigenvalue weighted by molar-refractivity contribution is -0.143. The lowest BCUT2D eigenvalue weighted by Gasteiger charge is -2.07. The van der Waals surface area contributed by atoms with E-state index in [4.69, 9.17) is 4.74 Å². The Labute approximate surface area is 152 Å². The van der Waals surface area contributed by atoms with E-state index in [1.807, 2.05) is 6.92 Å². The molecule has 2 aromatic carbocycles. The molecule has 0 radical (unpaired) electrons. The maximum absolute atomic E-state index is 11.4. The van der Waals surface area contributed by atoms with E-state index in [1.165, 1.54) is 47.9 Å². The van der Waals surface area contributed by atoms with Crippen molar-refractivity contribution in [3.63, 3.8) is 0 Å². The van der Waals surface area contributed by atoms with Gasteiger partial charge in [0.2, 0.25) is 0 Å². The summed E-state index contributed by atoms with van der Waals surface area (Å²) < 4.78 is 4.96. The van der Waals surface area contributed by atoms with Crippen LogP contribution in [0.15, 0.2) is 48.5 Å². The van der Waals surface area contributed by atoms with E-state index in [0.717, 1.165) is 12.8 Å². The van der Waals surface area contributed by atoms with Gasteiger partial charge in [0, 0.05) is 6.42 Å². The molecule has 134 valence electrons. The molecule has 0 aliphatic rings. The van der Waals surface area contributed by atoms with Crippen LogP contribution >= 0.6 is 0 Å². The normalized spacial score (nSPS) is 10.6. The zero-order chi connectivity index (χ0) is 17.9. The second kappa shape index (κ2) is 10.7. The van der Waals surface area contributed by atoms with Crippen LogP contribution in [0.1, 0.15) is 57.1 Å². The minimum Gasteiger partial charge on any atom is -0.466 e. The quantitative estimate of drug-likeness (QED) is 0.394. The number of benzene rings is 2. The molecular formula is C23H30O2. The van der Waals surface area contributed by atoms with Crippen molar-refractivity contribution in [1.29, 1.82) is 0 Å². The highest BCUT2D eigenvalue weighted by Gasteiger charge is 2.03. The molecule has 0 heterocycles. The van der Waals surface area contributed by atoms with Gasteiger partial charge in [-0.3, -0.25) is 4.79 Å². The van der Waals surface area contributed by atoms with Gasteiger partial charge in [0.1, 0.15) is 0 Å². The maximum Gasteiger partial charge on any atom is 0.305 e. The molecule has 0 amide bonds. The first-order chi connectivity index (χ1) is 12.2. The first kappa shape index (κ1) is 19.2. The summed E-state index contributed by atoms with van der Waals surface area (Å²) in [5.74, 6) is -0.0989. The number of carbonyl (C=O) groups is 1. The van der Waals surface area contributed by atoms with E-state index in [1.54, 1.807) is 0 Å². The molecule has 0 spiro atoms. The molecule has 0 saturated carbocycles. The Bertz CT molecular complexity index is 626. The summed E-state index contributed by atoms with van der Waals surface area (Å²) >= 11 is 0. The Balaban J connectivity index is 1.85. The van der Waals surface area contributed by atoms with Crippen LogP contribution in [0.2, 0.25) is 0 Å². The van der Waals surface area contributed by atoms with Gasteiger partial charge in [-0.15, -0.1) is 0 Å². The monoisotopic (exact) mass is 338 g/mol. The van der Waals surface area contributed by atoms with Crippen molar-refractivity contribution in [2.75, 3.05) is 6.61 Å². The number of carbonyl (C=O) groups excluding carboxylic acids is 1. The van der Waals surface area contributed by atoms with Gasteiger partial charge in [0.15, 0.2) is 0 Å². The van der Waals surface area contributed by atoms with E-state index in [2.05, 4.69) is 55.5 Å². The van der Waals surface area contributed by atoms with E-state index in [0.29, 0.717) is 13.0 Å². The zero-order valence-corrected chi connectivity index (χ0v) is 15.6. The lowest BCUT2D eigenvalue weighted by Crippen LogP contribution is -2.03. The van der Waals surface area contributed by atoms with Crippen molar-refractivity contribution >= 4 is 5.97 Å². The third kappa shape index (κ3) is 6.74. The summed E-state index contributed by atoms with van der Waals surface area (Å²) in [5.41, 5.74) is 5.20. The number of ether oxygens (including phenoxy) is 1. The van der Waals surface area contributed by atoms with Crippen molar-refractivity contribution in [2.45, 2.75) is 58.8 Å². The molecule has 0 fully saturated rings. The molecule has 2 aromatic rings. The average molecular weight is 338 g/mol. The van der Waals surface area contributed by atoms with Gasteiger partial charge in [0.05, 0.1) is 6.61 Å². The van der Waals surface area contributed by atoms with Crippen LogP contribution in [0.5, 0.6) is 0 Å². The third-order valence-corrected chi connectivity index (χ3v) is 4.46. The van der Waals surface area contributed by atoms with Crippen LogP contribution in [0.4, 0.5) is 0 Å². The second-order valence-electron chi connectivity index (χ2n) is 6.51. The highest BCUT2D eigenvalue weighted by atomic mass is 16.5. The molecular weight excluding hydrogens is 308 g/mol. The predicted octanol–water partition coefficient (Wildman–Crippen LogP) is 5.97. The van der Waals surface area contributed by atoms with Gasteiger partial charge >= 0.3 is 5.97 Å². The summed E-state index contributed by atoms with van der Waals surface area (Å²) in [6, 6.07) is 17.6. The maximum atomic E-state index is 11.4. The van der Waals surface area contributed by atoms with Crippen molar-refractivity contribution in [3.05, 3.63) is 59.7 Å². The Kier molecular flexibility index (Phi) is 8.24. The number of rotatable bonds is 10. The second-order valence-corrected chi connectivity index (χ2v) is 6.51. The molecule has 0 N–H and O–H groups in total. The van der Waals surface area contributed by atoms with E-state index < -0.39 is 0 Å². The van der Waals surface area contributed by atoms with Gasteiger partial charge in [-0.05, 0) is 54.9 Å². The number of hydrogen-bond donors (Lipinski definition) is 0. The fourth-order valence-electron chi connectivity index (χ4n) is 2.98. The van der Waals surface area contributed by atoms with Crippen molar-refractivity contribution < 1.29 is 9.53 Å². The van der Waals surface area contributed by atoms with Crippen molar-refractivity contribution in [2.24, 2.45) is 0 Å². The zero-order valence-electron chi connectivity index (χ0n) is 15.6. The summed E-state index contributed by atoms with van der Waals surface area (Å²) in [6.07, 6.45) is 7.27. The van der Waals surface area contributed by atoms with Crippen LogP contribution in [0.3, 0.4) is 0 Å². The molecule has 2 rings (SSSR count). The summed E-state index contributed by atoms with van der Waals surface area (Å²) in [7, 11) is 0. The van der Waals surface area contributed by atoms with Gasteiger partial charge < -0.3 is 4.74 Å². The van der Waals surface area contributed by atoms with Gasteiger partial charge in [-0.2, -0.15) is 0 Å². The Hall–Kier alpha value is -2.09. The highest BCUT2D eigenvalue weighted by molar-refractivity contribution is 5.69. The molecule has 0 atom stereocenters. The number of aryl methyl sites for hydroxylation is 2. The summed E-state index contributed by atoms with van der Waals surface area (Å²) in [4.78, 5) is 11.4. The van der Waals surface area contributed by atoms with Crippen LogP contribution in [0.25, 0.3) is 11.1 Å². The van der Waals surface area contributed by atoms with Gasteiger partial charge in [-0.25, -0.2) is 0 Å². The molecule has 0 saturated heterocycles. The topological polar surface area (TPSA) is 26.3 Å². The SMILES string of the molecule is CCCCCc1ccc(-c2ccc(CCCC(=O)OCC)cc2)cc1. The Morgan fingerprint density at radius 2 is 1.28 bits per heavy atom. The van der Waals surface area contributed by atoms with E-state index in [9.17, 15) is 4.79 Å². The standard InChI is InChI=1S/C23H30O2/c1-3-5-6-8-19-11-15-21(16-12-19)22-17-13-20(14-18-22)9-7-10-23(24)25-4-2/h11-18H,3-10H2,1-2H3. The summed E-state index contributed by atoms with van der Waals surface area (Å²) in [6.45, 7) is 4.54. The first-order valence-electron chi connectivity index (χ1n) is 9.56. The highest BCUT2D eigenvalue weighted by Crippen LogP contribution is 2.21. The van der Waals surface area contributed by atoms with Crippen molar-refractivity contribution in [1.82, 2.24) is 0 Å². The average Bonchev–Trinajstić information content (AvgIpc) is 2.63. The van der Waals surface area contributed by atoms with Crippen LogP contribution in [-0.2, 0) is 22.4 Å². The molecule has 25 heavy (non-hydrogen) atoms. The van der Waals surface area contributed by atoms with E-state index in [-0.39, 0.29) is 5.97 Å². The smallest absolute Gasteiger partial charge is 0.305 e. The number of unbranched alkanes of at least 4 members (excludes halogenated alkanes) is 2. The Morgan fingerprint density at radius 1 is 0.760 bits per heavy atom. The third-order valence-electron chi connectivity index (χ3n) is 4.46. The largest absolute Gasteiger partial charge is 0.466 e. The molecule has 0 bridgehead atoms. The minimum absolute atomic E-state index is 0.0989. The molecule has 0 aromatic heterocycles. The molecule has 2 heteroatoms. The molecule has 2 nitrogen and oxygen atoms in total. The van der Waals surface area contributed by atoms with Crippen LogP contribution < -0.4 is 0 Å². The van der Waals surface area contributed by atoms with Gasteiger partial charge in [0.25, 0.3) is 0 Å². The first-order valence-corrected chi connectivity index (χ1v) is 9.56. The minimum atomic E-state index is -0.0989. The molecule has 0 aliphatic heterocycles. The summed E-state index contributed by atoms with van der Waals surface area (Å²) in [5, 5.41) is 0. The van der Waals surface area contributed by atoms with Crippen LogP contribution in [-0.4, -0.2) is 12.6 Å². The number of hydrogen-bond acceptors (Lipinski definition) is 2. The lowest BCUT2D eigenvalue weighted by atomic mass is 9.99. The fourth-order valence-corrected chi connectivity index (χ4v) is 2.98. The molecule has 0 aliphatic carbocycles.